The molecule has 1 heterocycles. The highest BCUT2D eigenvalue weighted by Gasteiger charge is 2.31. The van der Waals surface area contributed by atoms with Gasteiger partial charge in [0.05, 0.1) is 11.5 Å². The van der Waals surface area contributed by atoms with E-state index in [4.69, 9.17) is 23.2 Å². The summed E-state index contributed by atoms with van der Waals surface area (Å²) in [6.07, 6.45) is -2.96. The number of hydrogen-bond donors (Lipinski definition) is 1. The minimum absolute atomic E-state index is 0.145. The number of carbonyl (C=O) groups is 1. The first-order valence-electron chi connectivity index (χ1n) is 8.87. The Morgan fingerprint density at radius 1 is 1.14 bits per heavy atom. The molecule has 1 saturated heterocycles. The number of nitrogens with zero attached hydrogens (tertiary/aromatic N) is 1. The van der Waals surface area contributed by atoms with Crippen molar-refractivity contribution >= 4 is 34.8 Å². The van der Waals surface area contributed by atoms with Gasteiger partial charge in [0.15, 0.2) is 0 Å². The van der Waals surface area contributed by atoms with E-state index in [2.05, 4.69) is 10.2 Å². The van der Waals surface area contributed by atoms with E-state index in [0.717, 1.165) is 30.7 Å². The van der Waals surface area contributed by atoms with Gasteiger partial charge in [-0.1, -0.05) is 35.3 Å². The second-order valence-corrected chi connectivity index (χ2v) is 7.66. The van der Waals surface area contributed by atoms with Gasteiger partial charge in [0.25, 0.3) is 0 Å². The van der Waals surface area contributed by atoms with Gasteiger partial charge in [-0.05, 0) is 49.7 Å². The van der Waals surface area contributed by atoms with Crippen molar-refractivity contribution in [3.63, 3.8) is 0 Å². The largest absolute Gasteiger partial charge is 0.416 e. The van der Waals surface area contributed by atoms with Gasteiger partial charge in [0.2, 0.25) is 5.91 Å². The molecule has 0 aliphatic carbocycles. The molecule has 1 fully saturated rings. The van der Waals surface area contributed by atoms with E-state index in [1.165, 1.54) is 12.1 Å². The number of rotatable bonds is 4. The molecular weight excluding hydrogens is 412 g/mol. The van der Waals surface area contributed by atoms with Crippen molar-refractivity contribution in [1.29, 1.82) is 0 Å². The number of nitrogens with one attached hydrogen (secondary N) is 1. The summed E-state index contributed by atoms with van der Waals surface area (Å²) in [5, 5.41) is 3.76. The zero-order chi connectivity index (χ0) is 20.3. The molecule has 150 valence electrons. The van der Waals surface area contributed by atoms with Crippen LogP contribution in [0.15, 0.2) is 42.5 Å². The van der Waals surface area contributed by atoms with Gasteiger partial charge < -0.3 is 5.32 Å². The number of amides is 1. The highest BCUT2D eigenvalue weighted by atomic mass is 35.5. The van der Waals surface area contributed by atoms with Crippen molar-refractivity contribution in [3.8, 4) is 0 Å². The summed E-state index contributed by atoms with van der Waals surface area (Å²) in [5.41, 5.74) is 0.166. The van der Waals surface area contributed by atoms with Crippen molar-refractivity contribution in [2.24, 2.45) is 5.92 Å². The number of benzene rings is 2. The number of anilines is 1. The van der Waals surface area contributed by atoms with E-state index in [9.17, 15) is 18.0 Å². The maximum atomic E-state index is 12.8. The Morgan fingerprint density at radius 3 is 2.50 bits per heavy atom. The summed E-state index contributed by atoms with van der Waals surface area (Å²) in [6, 6.07) is 9.97. The van der Waals surface area contributed by atoms with Crippen LogP contribution in [0, 0.1) is 5.92 Å². The topological polar surface area (TPSA) is 32.3 Å². The van der Waals surface area contributed by atoms with E-state index < -0.39 is 11.7 Å². The van der Waals surface area contributed by atoms with Crippen LogP contribution in [-0.2, 0) is 17.5 Å². The van der Waals surface area contributed by atoms with Crippen LogP contribution in [0.4, 0.5) is 18.9 Å². The molecule has 1 aliphatic heterocycles. The monoisotopic (exact) mass is 430 g/mol. The lowest BCUT2D eigenvalue weighted by molar-refractivity contribution is -0.137. The maximum Gasteiger partial charge on any atom is 0.416 e. The summed E-state index contributed by atoms with van der Waals surface area (Å²) in [4.78, 5) is 14.7. The van der Waals surface area contributed by atoms with E-state index in [1.54, 1.807) is 18.2 Å². The predicted molar refractivity (Wildman–Crippen MR) is 105 cm³/mol. The third kappa shape index (κ3) is 5.19. The first-order chi connectivity index (χ1) is 13.2. The molecule has 0 saturated carbocycles. The molecule has 1 atom stereocenters. The SMILES string of the molecule is O=C(Nc1cccc(C(F)(F)F)c1)[C@@H]1CCCN(Cc2c(Cl)cccc2Cl)C1. The second-order valence-electron chi connectivity index (χ2n) is 6.84. The van der Waals surface area contributed by atoms with Gasteiger partial charge in [0, 0.05) is 34.4 Å². The highest BCUT2D eigenvalue weighted by molar-refractivity contribution is 6.35. The third-order valence-corrected chi connectivity index (χ3v) is 5.49. The van der Waals surface area contributed by atoms with Crippen LogP contribution in [0.1, 0.15) is 24.0 Å². The Hall–Kier alpha value is -1.76. The van der Waals surface area contributed by atoms with Crippen molar-refractivity contribution in [3.05, 3.63) is 63.6 Å². The number of likely N-dealkylation sites (tertiary alicyclic amines) is 1. The van der Waals surface area contributed by atoms with Crippen LogP contribution in [0.3, 0.4) is 0 Å². The Labute approximate surface area is 171 Å². The zero-order valence-electron chi connectivity index (χ0n) is 14.9. The molecule has 1 amide bonds. The molecule has 2 aromatic rings. The zero-order valence-corrected chi connectivity index (χ0v) is 16.4. The third-order valence-electron chi connectivity index (χ3n) is 4.78. The van der Waals surface area contributed by atoms with Crippen LogP contribution in [0.2, 0.25) is 10.0 Å². The van der Waals surface area contributed by atoms with Crippen molar-refractivity contribution in [2.45, 2.75) is 25.6 Å². The Balaban J connectivity index is 1.65. The lowest BCUT2D eigenvalue weighted by Crippen LogP contribution is -2.40. The van der Waals surface area contributed by atoms with Gasteiger partial charge in [-0.3, -0.25) is 9.69 Å². The predicted octanol–water partition coefficient (Wildman–Crippen LogP) is 5.86. The second kappa shape index (κ2) is 8.72. The van der Waals surface area contributed by atoms with Crippen LogP contribution < -0.4 is 5.32 Å². The molecule has 0 spiro atoms. The molecule has 0 bridgehead atoms. The molecule has 0 radical (unpaired) electrons. The standard InChI is InChI=1S/C20H19Cl2F3N2O/c21-17-7-2-8-18(22)16(17)12-27-9-3-4-13(11-27)19(28)26-15-6-1-5-14(10-15)20(23,24)25/h1-2,5-8,10,13H,3-4,9,11-12H2,(H,26,28)/t13-/m1/s1. The molecule has 1 N–H and O–H groups in total. The van der Waals surface area contributed by atoms with Gasteiger partial charge in [-0.15, -0.1) is 0 Å². The van der Waals surface area contributed by atoms with E-state index in [0.29, 0.717) is 29.6 Å². The molecular formula is C20H19Cl2F3N2O. The Bertz CT molecular complexity index is 837. The van der Waals surface area contributed by atoms with Crippen LogP contribution in [-0.4, -0.2) is 23.9 Å². The van der Waals surface area contributed by atoms with E-state index in [1.807, 2.05) is 0 Å². The number of alkyl halides is 3. The van der Waals surface area contributed by atoms with Gasteiger partial charge in [0.1, 0.15) is 0 Å². The fraction of sp³-hybridized carbons (Fsp3) is 0.350. The highest BCUT2D eigenvalue weighted by Crippen LogP contribution is 2.31. The Morgan fingerprint density at radius 2 is 1.82 bits per heavy atom. The van der Waals surface area contributed by atoms with Gasteiger partial charge in [-0.2, -0.15) is 13.2 Å². The first kappa shape index (κ1) is 21.0. The lowest BCUT2D eigenvalue weighted by atomic mass is 9.96. The van der Waals surface area contributed by atoms with Gasteiger partial charge >= 0.3 is 6.18 Å². The molecule has 1 aliphatic rings. The van der Waals surface area contributed by atoms with Crippen molar-refractivity contribution in [2.75, 3.05) is 18.4 Å². The fourth-order valence-electron chi connectivity index (χ4n) is 3.34. The summed E-state index contributed by atoms with van der Waals surface area (Å²) in [6.45, 7) is 1.81. The van der Waals surface area contributed by atoms with E-state index in [-0.39, 0.29) is 17.5 Å². The molecule has 0 aromatic heterocycles. The first-order valence-corrected chi connectivity index (χ1v) is 9.63. The summed E-state index contributed by atoms with van der Waals surface area (Å²) >= 11 is 12.4. The normalized spacial score (nSPS) is 18.1. The molecule has 3 rings (SSSR count). The van der Waals surface area contributed by atoms with Crippen LogP contribution in [0.5, 0.6) is 0 Å². The molecule has 0 unspecified atom stereocenters. The minimum atomic E-state index is -4.45. The molecule has 28 heavy (non-hydrogen) atoms. The van der Waals surface area contributed by atoms with Crippen molar-refractivity contribution < 1.29 is 18.0 Å². The van der Waals surface area contributed by atoms with Crippen molar-refractivity contribution in [1.82, 2.24) is 4.90 Å². The van der Waals surface area contributed by atoms with Crippen LogP contribution >= 0.6 is 23.2 Å². The maximum absolute atomic E-state index is 12.8. The lowest BCUT2D eigenvalue weighted by Gasteiger charge is -2.32. The van der Waals surface area contributed by atoms with Gasteiger partial charge in [-0.25, -0.2) is 0 Å². The molecule has 2 aromatic carbocycles. The average Bonchev–Trinajstić information content (AvgIpc) is 2.65. The summed E-state index contributed by atoms with van der Waals surface area (Å²) in [5.74, 6) is -0.598. The smallest absolute Gasteiger partial charge is 0.326 e. The summed E-state index contributed by atoms with van der Waals surface area (Å²) in [7, 11) is 0. The molecule has 8 heteroatoms. The Kier molecular flexibility index (Phi) is 6.53. The van der Waals surface area contributed by atoms with E-state index >= 15 is 0 Å². The molecule has 3 nitrogen and oxygen atoms in total. The number of halogens is 5. The fourth-order valence-corrected chi connectivity index (χ4v) is 3.85. The minimum Gasteiger partial charge on any atom is -0.326 e. The van der Waals surface area contributed by atoms with Crippen LogP contribution in [0.25, 0.3) is 0 Å². The quantitative estimate of drug-likeness (QED) is 0.658. The number of piperidine rings is 1. The number of hydrogen-bond acceptors (Lipinski definition) is 2. The number of carbonyl (C=O) groups excluding carboxylic acids is 1. The average molecular weight is 431 g/mol. The summed E-state index contributed by atoms with van der Waals surface area (Å²) < 4.78 is 38.5.